The third-order valence-electron chi connectivity index (χ3n) is 2.02. The number of halogens is 2. The molecule has 0 saturated carbocycles. The summed E-state index contributed by atoms with van der Waals surface area (Å²) in [6.07, 6.45) is 2.30. The Morgan fingerprint density at radius 1 is 1.60 bits per heavy atom. The SMILES string of the molecule is C=CC[C@@H](N)c1cccc(F)c1OC.Cl. The van der Waals surface area contributed by atoms with Crippen molar-refractivity contribution in [3.63, 3.8) is 0 Å². The molecule has 0 amide bonds. The number of methoxy groups -OCH3 is 1. The van der Waals surface area contributed by atoms with E-state index in [1.54, 1.807) is 18.2 Å². The quantitative estimate of drug-likeness (QED) is 0.809. The van der Waals surface area contributed by atoms with Gasteiger partial charge in [-0.2, -0.15) is 0 Å². The molecular formula is C11H15ClFNO. The minimum Gasteiger partial charge on any atom is -0.493 e. The van der Waals surface area contributed by atoms with Crippen molar-refractivity contribution in [2.45, 2.75) is 12.5 Å². The molecule has 4 heteroatoms. The summed E-state index contributed by atoms with van der Waals surface area (Å²) >= 11 is 0. The van der Waals surface area contributed by atoms with Crippen LogP contribution in [0.3, 0.4) is 0 Å². The largest absolute Gasteiger partial charge is 0.493 e. The maximum Gasteiger partial charge on any atom is 0.165 e. The number of ether oxygens (including phenoxy) is 1. The number of nitrogens with two attached hydrogens (primary N) is 1. The van der Waals surface area contributed by atoms with Gasteiger partial charge < -0.3 is 10.5 Å². The Bertz CT molecular complexity index is 330. The second kappa shape index (κ2) is 6.43. The summed E-state index contributed by atoms with van der Waals surface area (Å²) < 4.78 is 18.2. The summed E-state index contributed by atoms with van der Waals surface area (Å²) in [6.45, 7) is 3.59. The Morgan fingerprint density at radius 2 is 2.27 bits per heavy atom. The fourth-order valence-electron chi connectivity index (χ4n) is 1.34. The van der Waals surface area contributed by atoms with E-state index < -0.39 is 0 Å². The molecule has 1 aromatic carbocycles. The Morgan fingerprint density at radius 3 is 2.80 bits per heavy atom. The molecule has 1 atom stereocenters. The molecule has 15 heavy (non-hydrogen) atoms. The van der Waals surface area contributed by atoms with Gasteiger partial charge in [-0.05, 0) is 12.5 Å². The Labute approximate surface area is 95.3 Å². The molecular weight excluding hydrogens is 217 g/mol. The Balaban J connectivity index is 0.00000196. The van der Waals surface area contributed by atoms with Gasteiger partial charge in [-0.3, -0.25) is 0 Å². The van der Waals surface area contributed by atoms with Gasteiger partial charge in [0.25, 0.3) is 0 Å². The van der Waals surface area contributed by atoms with E-state index in [1.807, 2.05) is 0 Å². The maximum absolute atomic E-state index is 13.2. The van der Waals surface area contributed by atoms with Crippen molar-refractivity contribution in [2.24, 2.45) is 5.73 Å². The molecule has 0 heterocycles. The van der Waals surface area contributed by atoms with E-state index in [0.29, 0.717) is 12.0 Å². The normalized spacial score (nSPS) is 11.4. The lowest BCUT2D eigenvalue weighted by Gasteiger charge is -2.14. The van der Waals surface area contributed by atoms with Crippen LogP contribution in [0.15, 0.2) is 30.9 Å². The molecule has 0 aromatic heterocycles. The predicted molar refractivity (Wildman–Crippen MR) is 61.9 cm³/mol. The van der Waals surface area contributed by atoms with E-state index >= 15 is 0 Å². The van der Waals surface area contributed by atoms with Crippen molar-refractivity contribution < 1.29 is 9.13 Å². The first-order valence-electron chi connectivity index (χ1n) is 4.39. The van der Waals surface area contributed by atoms with Gasteiger partial charge in [0.2, 0.25) is 0 Å². The van der Waals surface area contributed by atoms with Crippen LogP contribution in [0.4, 0.5) is 4.39 Å². The van der Waals surface area contributed by atoms with Gasteiger partial charge in [-0.1, -0.05) is 18.2 Å². The monoisotopic (exact) mass is 231 g/mol. The van der Waals surface area contributed by atoms with Crippen LogP contribution in [0.2, 0.25) is 0 Å². The zero-order valence-electron chi connectivity index (χ0n) is 8.57. The standard InChI is InChI=1S/C11H14FNO.ClH/c1-3-5-10(13)8-6-4-7-9(12)11(8)14-2;/h3-4,6-7,10H,1,5,13H2,2H3;1H/t10-;/m1./s1. The van der Waals surface area contributed by atoms with E-state index in [4.69, 9.17) is 10.5 Å². The molecule has 0 spiro atoms. The fourth-order valence-corrected chi connectivity index (χ4v) is 1.34. The van der Waals surface area contributed by atoms with Crippen molar-refractivity contribution in [3.05, 3.63) is 42.2 Å². The molecule has 0 unspecified atom stereocenters. The fraction of sp³-hybridized carbons (Fsp3) is 0.273. The summed E-state index contributed by atoms with van der Waals surface area (Å²) in [4.78, 5) is 0. The highest BCUT2D eigenvalue weighted by atomic mass is 35.5. The predicted octanol–water partition coefficient (Wildman–Crippen LogP) is 2.83. The van der Waals surface area contributed by atoms with E-state index in [2.05, 4.69) is 6.58 Å². The maximum atomic E-state index is 13.2. The van der Waals surface area contributed by atoms with E-state index in [-0.39, 0.29) is 30.0 Å². The number of hydrogen-bond donors (Lipinski definition) is 1. The molecule has 2 N–H and O–H groups in total. The molecule has 0 aliphatic carbocycles. The first-order valence-corrected chi connectivity index (χ1v) is 4.39. The van der Waals surface area contributed by atoms with Gasteiger partial charge in [0.1, 0.15) is 0 Å². The highest BCUT2D eigenvalue weighted by molar-refractivity contribution is 5.85. The lowest BCUT2D eigenvalue weighted by Crippen LogP contribution is -2.11. The molecule has 0 fully saturated rings. The van der Waals surface area contributed by atoms with Crippen LogP contribution in [0.25, 0.3) is 0 Å². The zero-order valence-corrected chi connectivity index (χ0v) is 9.39. The first-order chi connectivity index (χ1) is 6.70. The van der Waals surface area contributed by atoms with Gasteiger partial charge in [0.15, 0.2) is 11.6 Å². The Hall–Kier alpha value is -1.06. The van der Waals surface area contributed by atoms with Crippen LogP contribution >= 0.6 is 12.4 Å². The Kier molecular flexibility index (Phi) is 5.97. The van der Waals surface area contributed by atoms with Crippen molar-refractivity contribution in [2.75, 3.05) is 7.11 Å². The molecule has 84 valence electrons. The molecule has 1 aromatic rings. The molecule has 2 nitrogen and oxygen atoms in total. The smallest absolute Gasteiger partial charge is 0.165 e. The number of para-hydroxylation sites is 1. The molecule has 0 saturated heterocycles. The average molecular weight is 232 g/mol. The third-order valence-corrected chi connectivity index (χ3v) is 2.02. The van der Waals surface area contributed by atoms with Crippen molar-refractivity contribution in [1.82, 2.24) is 0 Å². The minimum absolute atomic E-state index is 0. The molecule has 0 bridgehead atoms. The summed E-state index contributed by atoms with van der Waals surface area (Å²) in [5.74, 6) is -0.161. The van der Waals surface area contributed by atoms with Gasteiger partial charge >= 0.3 is 0 Å². The topological polar surface area (TPSA) is 35.2 Å². The van der Waals surface area contributed by atoms with Crippen molar-refractivity contribution in [3.8, 4) is 5.75 Å². The van der Waals surface area contributed by atoms with E-state index in [0.717, 1.165) is 0 Å². The van der Waals surface area contributed by atoms with E-state index in [1.165, 1.54) is 13.2 Å². The number of benzene rings is 1. The number of rotatable bonds is 4. The van der Waals surface area contributed by atoms with Crippen LogP contribution in [0.1, 0.15) is 18.0 Å². The summed E-state index contributed by atoms with van der Waals surface area (Å²) in [7, 11) is 1.43. The summed E-state index contributed by atoms with van der Waals surface area (Å²) in [5, 5.41) is 0. The van der Waals surface area contributed by atoms with Crippen LogP contribution in [-0.4, -0.2) is 7.11 Å². The van der Waals surface area contributed by atoms with Gasteiger partial charge in [0.05, 0.1) is 7.11 Å². The lowest BCUT2D eigenvalue weighted by molar-refractivity contribution is 0.378. The second-order valence-corrected chi connectivity index (χ2v) is 2.99. The molecule has 0 radical (unpaired) electrons. The minimum atomic E-state index is -0.385. The second-order valence-electron chi connectivity index (χ2n) is 2.99. The van der Waals surface area contributed by atoms with Crippen LogP contribution < -0.4 is 10.5 Å². The molecule has 0 aliphatic heterocycles. The highest BCUT2D eigenvalue weighted by Crippen LogP contribution is 2.28. The lowest BCUT2D eigenvalue weighted by atomic mass is 10.0. The number of hydrogen-bond acceptors (Lipinski definition) is 2. The summed E-state index contributed by atoms with van der Waals surface area (Å²) in [5.41, 5.74) is 6.51. The molecule has 0 aliphatic rings. The average Bonchev–Trinajstić information content (AvgIpc) is 2.17. The van der Waals surface area contributed by atoms with Crippen LogP contribution in [0, 0.1) is 5.82 Å². The highest BCUT2D eigenvalue weighted by Gasteiger charge is 2.13. The van der Waals surface area contributed by atoms with Crippen molar-refractivity contribution >= 4 is 12.4 Å². The van der Waals surface area contributed by atoms with Crippen LogP contribution in [0.5, 0.6) is 5.75 Å². The summed E-state index contributed by atoms with van der Waals surface area (Å²) in [6, 6.07) is 4.47. The van der Waals surface area contributed by atoms with Crippen LogP contribution in [-0.2, 0) is 0 Å². The van der Waals surface area contributed by atoms with Gasteiger partial charge in [0, 0.05) is 11.6 Å². The van der Waals surface area contributed by atoms with Crippen molar-refractivity contribution in [1.29, 1.82) is 0 Å². The third kappa shape index (κ3) is 3.22. The molecule has 1 rings (SSSR count). The first kappa shape index (κ1) is 13.9. The van der Waals surface area contributed by atoms with Gasteiger partial charge in [-0.25, -0.2) is 4.39 Å². The zero-order chi connectivity index (χ0) is 10.6. The van der Waals surface area contributed by atoms with Gasteiger partial charge in [-0.15, -0.1) is 19.0 Å². The van der Waals surface area contributed by atoms with E-state index in [9.17, 15) is 4.39 Å².